The van der Waals surface area contributed by atoms with Gasteiger partial charge in [-0.05, 0) is 24.6 Å². The Bertz CT molecular complexity index is 456. The van der Waals surface area contributed by atoms with Crippen LogP contribution in [-0.4, -0.2) is 36.5 Å². The maximum Gasteiger partial charge on any atom is 0.238 e. The third kappa shape index (κ3) is 4.82. The van der Waals surface area contributed by atoms with Crippen LogP contribution in [0.2, 0.25) is 10.0 Å². The number of carbonyl (C=O) groups excluding carboxylic acids is 1. The van der Waals surface area contributed by atoms with Crippen LogP contribution in [0, 0.1) is 0 Å². The minimum Gasteiger partial charge on any atom is -0.326 e. The van der Waals surface area contributed by atoms with E-state index >= 15 is 0 Å². The molecule has 0 radical (unpaired) electrons. The summed E-state index contributed by atoms with van der Waals surface area (Å²) in [5.74, 6) is -0.0671. The van der Waals surface area contributed by atoms with Crippen LogP contribution in [0.4, 0.5) is 5.69 Å². The Morgan fingerprint density at radius 3 is 2.74 bits per heavy atom. The molecule has 19 heavy (non-hydrogen) atoms. The smallest absolute Gasteiger partial charge is 0.238 e. The highest BCUT2D eigenvalue weighted by Gasteiger charge is 2.20. The number of benzene rings is 1. The Balaban J connectivity index is 0.00000180. The molecular formula is C12H16Cl3N3O. The van der Waals surface area contributed by atoms with Gasteiger partial charge in [0.2, 0.25) is 5.91 Å². The number of rotatable bonds is 3. The molecular weight excluding hydrogens is 309 g/mol. The third-order valence-electron chi connectivity index (χ3n) is 2.88. The standard InChI is InChI=1S/C12H15Cl2N3O.ClH/c13-10-2-1-9(5-11(10)14)16-12(18)7-17-4-3-8(15)6-17;/h1-2,5,8H,3-4,6-7,15H2,(H,16,18);1H/t8-;/m0./s1. The quantitative estimate of drug-likeness (QED) is 0.897. The predicted molar refractivity (Wildman–Crippen MR) is 81.4 cm³/mol. The molecule has 1 amide bonds. The molecule has 106 valence electrons. The molecule has 0 aliphatic carbocycles. The molecule has 1 aliphatic heterocycles. The molecule has 3 N–H and O–H groups in total. The summed E-state index contributed by atoms with van der Waals surface area (Å²) in [5.41, 5.74) is 6.44. The first-order valence-electron chi connectivity index (χ1n) is 5.77. The largest absolute Gasteiger partial charge is 0.326 e. The van der Waals surface area contributed by atoms with Crippen molar-refractivity contribution in [3.05, 3.63) is 28.2 Å². The van der Waals surface area contributed by atoms with Gasteiger partial charge in [-0.3, -0.25) is 9.69 Å². The molecule has 1 fully saturated rings. The molecule has 1 atom stereocenters. The normalized spacial score (nSPS) is 19.0. The lowest BCUT2D eigenvalue weighted by Crippen LogP contribution is -2.33. The maximum absolute atomic E-state index is 11.8. The number of hydrogen-bond donors (Lipinski definition) is 2. The molecule has 0 saturated carbocycles. The molecule has 0 aromatic heterocycles. The molecule has 7 heteroatoms. The second-order valence-electron chi connectivity index (χ2n) is 4.46. The van der Waals surface area contributed by atoms with E-state index in [0.29, 0.717) is 22.3 Å². The average molecular weight is 325 g/mol. The zero-order chi connectivity index (χ0) is 13.1. The van der Waals surface area contributed by atoms with E-state index in [1.807, 2.05) is 4.90 Å². The van der Waals surface area contributed by atoms with Gasteiger partial charge in [0.05, 0.1) is 16.6 Å². The molecule has 1 aliphatic rings. The third-order valence-corrected chi connectivity index (χ3v) is 3.62. The van der Waals surface area contributed by atoms with Crippen LogP contribution >= 0.6 is 35.6 Å². The van der Waals surface area contributed by atoms with Crippen LogP contribution in [0.15, 0.2) is 18.2 Å². The number of amides is 1. The molecule has 1 heterocycles. The highest BCUT2D eigenvalue weighted by Crippen LogP contribution is 2.24. The Hall–Kier alpha value is -0.520. The average Bonchev–Trinajstić information content (AvgIpc) is 2.69. The van der Waals surface area contributed by atoms with E-state index in [-0.39, 0.29) is 24.4 Å². The first-order chi connectivity index (χ1) is 8.54. The van der Waals surface area contributed by atoms with Crippen LogP contribution in [-0.2, 0) is 4.79 Å². The van der Waals surface area contributed by atoms with Crippen molar-refractivity contribution in [2.45, 2.75) is 12.5 Å². The summed E-state index contributed by atoms with van der Waals surface area (Å²) >= 11 is 11.7. The lowest BCUT2D eigenvalue weighted by atomic mass is 10.3. The molecule has 1 saturated heterocycles. The summed E-state index contributed by atoms with van der Waals surface area (Å²) in [7, 11) is 0. The topological polar surface area (TPSA) is 58.4 Å². The summed E-state index contributed by atoms with van der Waals surface area (Å²) in [6, 6.07) is 5.20. The van der Waals surface area contributed by atoms with Gasteiger partial charge in [0.1, 0.15) is 0 Å². The van der Waals surface area contributed by atoms with Gasteiger partial charge in [-0.25, -0.2) is 0 Å². The number of nitrogens with one attached hydrogen (secondary N) is 1. The number of carbonyl (C=O) groups is 1. The highest BCUT2D eigenvalue weighted by atomic mass is 35.5. The summed E-state index contributed by atoms with van der Waals surface area (Å²) in [6.07, 6.45) is 0.944. The lowest BCUT2D eigenvalue weighted by Gasteiger charge is -2.14. The van der Waals surface area contributed by atoms with Gasteiger partial charge in [-0.1, -0.05) is 23.2 Å². The summed E-state index contributed by atoms with van der Waals surface area (Å²) < 4.78 is 0. The van der Waals surface area contributed by atoms with Gasteiger partial charge in [0.15, 0.2) is 0 Å². The minimum absolute atomic E-state index is 0. The van der Waals surface area contributed by atoms with E-state index in [9.17, 15) is 4.79 Å². The van der Waals surface area contributed by atoms with Crippen LogP contribution in [0.1, 0.15) is 6.42 Å². The van der Waals surface area contributed by atoms with E-state index in [0.717, 1.165) is 19.5 Å². The molecule has 0 spiro atoms. The number of nitrogens with zero attached hydrogens (tertiary/aromatic N) is 1. The van der Waals surface area contributed by atoms with E-state index in [4.69, 9.17) is 28.9 Å². The molecule has 1 aromatic rings. The van der Waals surface area contributed by atoms with Crippen molar-refractivity contribution in [2.24, 2.45) is 5.73 Å². The number of hydrogen-bond acceptors (Lipinski definition) is 3. The van der Waals surface area contributed by atoms with E-state index in [1.54, 1.807) is 18.2 Å². The van der Waals surface area contributed by atoms with Gasteiger partial charge in [0, 0.05) is 24.8 Å². The van der Waals surface area contributed by atoms with Crippen LogP contribution < -0.4 is 11.1 Å². The second-order valence-corrected chi connectivity index (χ2v) is 5.28. The predicted octanol–water partition coefficient (Wildman–Crippen LogP) is 2.39. The minimum atomic E-state index is -0.0671. The van der Waals surface area contributed by atoms with Crippen LogP contribution in [0.3, 0.4) is 0 Å². The molecule has 0 unspecified atom stereocenters. The number of halogens is 3. The summed E-state index contributed by atoms with van der Waals surface area (Å²) in [4.78, 5) is 13.8. The number of anilines is 1. The van der Waals surface area contributed by atoms with Gasteiger partial charge < -0.3 is 11.1 Å². The lowest BCUT2D eigenvalue weighted by molar-refractivity contribution is -0.117. The van der Waals surface area contributed by atoms with Crippen molar-refractivity contribution in [1.29, 1.82) is 0 Å². The first kappa shape index (κ1) is 16.5. The van der Waals surface area contributed by atoms with E-state index < -0.39 is 0 Å². The molecule has 1 aromatic carbocycles. The van der Waals surface area contributed by atoms with Gasteiger partial charge >= 0.3 is 0 Å². The van der Waals surface area contributed by atoms with Gasteiger partial charge in [-0.2, -0.15) is 0 Å². The zero-order valence-corrected chi connectivity index (χ0v) is 12.6. The van der Waals surface area contributed by atoms with Crippen molar-refractivity contribution < 1.29 is 4.79 Å². The summed E-state index contributed by atoms with van der Waals surface area (Å²) in [5, 5.41) is 3.69. The van der Waals surface area contributed by atoms with Crippen molar-refractivity contribution in [1.82, 2.24) is 4.90 Å². The Labute approximate surface area is 128 Å². The van der Waals surface area contributed by atoms with Crippen LogP contribution in [0.25, 0.3) is 0 Å². The Morgan fingerprint density at radius 2 is 2.16 bits per heavy atom. The SMILES string of the molecule is Cl.N[C@H]1CCN(CC(=O)Nc2ccc(Cl)c(Cl)c2)C1. The fraction of sp³-hybridized carbons (Fsp3) is 0.417. The highest BCUT2D eigenvalue weighted by molar-refractivity contribution is 6.42. The van der Waals surface area contributed by atoms with Crippen molar-refractivity contribution in [2.75, 3.05) is 25.0 Å². The fourth-order valence-electron chi connectivity index (χ4n) is 1.98. The number of nitrogens with two attached hydrogens (primary N) is 1. The van der Waals surface area contributed by atoms with Crippen molar-refractivity contribution in [3.8, 4) is 0 Å². The monoisotopic (exact) mass is 323 g/mol. The zero-order valence-electron chi connectivity index (χ0n) is 10.2. The fourth-order valence-corrected chi connectivity index (χ4v) is 2.28. The summed E-state index contributed by atoms with van der Waals surface area (Å²) in [6.45, 7) is 2.00. The van der Waals surface area contributed by atoms with Gasteiger partial charge in [-0.15, -0.1) is 12.4 Å². The van der Waals surface area contributed by atoms with E-state index in [1.165, 1.54) is 0 Å². The molecule has 2 rings (SSSR count). The van der Waals surface area contributed by atoms with E-state index in [2.05, 4.69) is 5.32 Å². The molecule has 0 bridgehead atoms. The number of likely N-dealkylation sites (tertiary alicyclic amines) is 1. The van der Waals surface area contributed by atoms with Crippen molar-refractivity contribution >= 4 is 47.2 Å². The Kier molecular flexibility index (Phi) is 6.36. The van der Waals surface area contributed by atoms with Crippen LogP contribution in [0.5, 0.6) is 0 Å². The Morgan fingerprint density at radius 1 is 1.42 bits per heavy atom. The van der Waals surface area contributed by atoms with Gasteiger partial charge in [0.25, 0.3) is 0 Å². The maximum atomic E-state index is 11.8. The van der Waals surface area contributed by atoms with Crippen molar-refractivity contribution in [3.63, 3.8) is 0 Å². The second kappa shape index (κ2) is 7.31. The molecule has 4 nitrogen and oxygen atoms in total. The first-order valence-corrected chi connectivity index (χ1v) is 6.53.